The summed E-state index contributed by atoms with van der Waals surface area (Å²) in [6.45, 7) is 8.36. The van der Waals surface area contributed by atoms with E-state index in [0.717, 1.165) is 17.5 Å². The molecule has 1 aromatic rings. The van der Waals surface area contributed by atoms with Gasteiger partial charge in [-0.2, -0.15) is 5.10 Å². The first-order valence-electron chi connectivity index (χ1n) is 8.88. The van der Waals surface area contributed by atoms with Crippen LogP contribution in [0, 0.1) is 0 Å². The number of hydrogen-bond acceptors (Lipinski definition) is 4. The molecule has 5 nitrogen and oxygen atoms in total. The van der Waals surface area contributed by atoms with E-state index in [-0.39, 0.29) is 18.3 Å². The zero-order valence-electron chi connectivity index (χ0n) is 15.0. The lowest BCUT2D eigenvalue weighted by Gasteiger charge is -2.36. The van der Waals surface area contributed by atoms with Crippen LogP contribution in [0.1, 0.15) is 59.4 Å². The van der Waals surface area contributed by atoms with E-state index in [9.17, 15) is 0 Å². The molecule has 2 atom stereocenters. The number of aromatic nitrogens is 2. The minimum absolute atomic E-state index is 0.299. The second-order valence-electron chi connectivity index (χ2n) is 8.52. The standard InChI is InChI=1S/C17H28BN3O2/c1-16(2)17(3,4)23-18(22-16)12-10-19-21(11-12)15-8-13-6-7-14(9-15)20(13)5/h10-11,13-15H,6-9H2,1-5H3. The van der Waals surface area contributed by atoms with Crippen LogP contribution < -0.4 is 5.46 Å². The Balaban J connectivity index is 1.50. The summed E-state index contributed by atoms with van der Waals surface area (Å²) in [7, 11) is 1.97. The van der Waals surface area contributed by atoms with E-state index in [1.807, 2.05) is 6.20 Å². The second kappa shape index (κ2) is 5.07. The van der Waals surface area contributed by atoms with Gasteiger partial charge in [-0.25, -0.2) is 0 Å². The zero-order chi connectivity index (χ0) is 16.4. The van der Waals surface area contributed by atoms with Crippen molar-refractivity contribution in [2.45, 2.75) is 82.7 Å². The highest BCUT2D eigenvalue weighted by molar-refractivity contribution is 6.62. The summed E-state index contributed by atoms with van der Waals surface area (Å²) in [6.07, 6.45) is 9.14. The Hall–Kier alpha value is -0.845. The molecule has 0 radical (unpaired) electrons. The molecule has 0 aliphatic carbocycles. The van der Waals surface area contributed by atoms with Crippen molar-refractivity contribution in [3.05, 3.63) is 12.4 Å². The van der Waals surface area contributed by atoms with E-state index in [4.69, 9.17) is 9.31 Å². The van der Waals surface area contributed by atoms with Gasteiger partial charge in [-0.3, -0.25) is 4.68 Å². The molecule has 3 saturated heterocycles. The Morgan fingerprint density at radius 2 is 1.61 bits per heavy atom. The fourth-order valence-corrected chi connectivity index (χ4v) is 4.25. The van der Waals surface area contributed by atoms with Crippen LogP contribution in [0.15, 0.2) is 12.4 Å². The van der Waals surface area contributed by atoms with Gasteiger partial charge in [0.2, 0.25) is 0 Å². The molecule has 4 rings (SSSR count). The summed E-state index contributed by atoms with van der Waals surface area (Å²) in [5, 5.41) is 4.64. The topological polar surface area (TPSA) is 39.5 Å². The number of hydrogen-bond donors (Lipinski definition) is 0. The summed E-state index contributed by atoms with van der Waals surface area (Å²) in [5.41, 5.74) is 0.439. The van der Waals surface area contributed by atoms with Crippen molar-refractivity contribution in [2.24, 2.45) is 0 Å². The molecule has 126 valence electrons. The van der Waals surface area contributed by atoms with Gasteiger partial charge in [0.15, 0.2) is 0 Å². The first kappa shape index (κ1) is 15.7. The van der Waals surface area contributed by atoms with Gasteiger partial charge in [0.1, 0.15) is 0 Å². The second-order valence-corrected chi connectivity index (χ2v) is 8.52. The highest BCUT2D eigenvalue weighted by Crippen LogP contribution is 2.40. The summed E-state index contributed by atoms with van der Waals surface area (Å²) < 4.78 is 14.4. The Morgan fingerprint density at radius 1 is 1.04 bits per heavy atom. The first-order chi connectivity index (χ1) is 10.8. The van der Waals surface area contributed by atoms with Crippen LogP contribution in [-0.2, 0) is 9.31 Å². The van der Waals surface area contributed by atoms with Gasteiger partial charge in [-0.15, -0.1) is 0 Å². The van der Waals surface area contributed by atoms with Crippen molar-refractivity contribution in [2.75, 3.05) is 7.05 Å². The molecule has 23 heavy (non-hydrogen) atoms. The van der Waals surface area contributed by atoms with Gasteiger partial charge in [0.05, 0.1) is 17.2 Å². The lowest BCUT2D eigenvalue weighted by Crippen LogP contribution is -2.41. The van der Waals surface area contributed by atoms with Crippen molar-refractivity contribution in [1.82, 2.24) is 14.7 Å². The minimum atomic E-state index is -0.309. The predicted molar refractivity (Wildman–Crippen MR) is 90.8 cm³/mol. The third kappa shape index (κ3) is 2.46. The maximum absolute atomic E-state index is 6.14. The minimum Gasteiger partial charge on any atom is -0.399 e. The van der Waals surface area contributed by atoms with Crippen LogP contribution in [0.5, 0.6) is 0 Å². The Bertz CT molecular complexity index is 570. The number of rotatable bonds is 2. The zero-order valence-corrected chi connectivity index (χ0v) is 15.0. The molecule has 6 heteroatoms. The quantitative estimate of drug-likeness (QED) is 0.782. The Kier molecular flexibility index (Phi) is 3.46. The average molecular weight is 317 g/mol. The molecule has 0 saturated carbocycles. The maximum atomic E-state index is 6.14. The maximum Gasteiger partial charge on any atom is 0.498 e. The summed E-state index contributed by atoms with van der Waals surface area (Å²) in [6, 6.07) is 1.96. The van der Waals surface area contributed by atoms with E-state index < -0.39 is 0 Å². The fraction of sp³-hybridized carbons (Fsp3) is 0.824. The highest BCUT2D eigenvalue weighted by Gasteiger charge is 2.52. The molecular formula is C17H28BN3O2. The lowest BCUT2D eigenvalue weighted by atomic mass is 9.82. The summed E-state index contributed by atoms with van der Waals surface area (Å²) in [4.78, 5) is 2.56. The Morgan fingerprint density at radius 3 is 2.17 bits per heavy atom. The number of nitrogens with zero attached hydrogens (tertiary/aromatic N) is 3. The largest absolute Gasteiger partial charge is 0.498 e. The van der Waals surface area contributed by atoms with Crippen LogP contribution in [-0.4, -0.2) is 52.1 Å². The number of piperidine rings is 1. The van der Waals surface area contributed by atoms with Crippen molar-refractivity contribution >= 4 is 12.6 Å². The number of fused-ring (bicyclic) bond motifs is 2. The molecule has 2 bridgehead atoms. The van der Waals surface area contributed by atoms with Crippen LogP contribution in [0.25, 0.3) is 0 Å². The van der Waals surface area contributed by atoms with Crippen LogP contribution in [0.2, 0.25) is 0 Å². The average Bonchev–Trinajstić information content (AvgIpc) is 3.06. The fourth-order valence-electron chi connectivity index (χ4n) is 4.25. The van der Waals surface area contributed by atoms with Crippen LogP contribution >= 0.6 is 0 Å². The third-order valence-corrected chi connectivity index (χ3v) is 6.59. The monoisotopic (exact) mass is 317 g/mol. The smallest absolute Gasteiger partial charge is 0.399 e. The molecular weight excluding hydrogens is 289 g/mol. The van der Waals surface area contributed by atoms with Crippen molar-refractivity contribution < 1.29 is 9.31 Å². The molecule has 4 heterocycles. The molecule has 3 aliphatic rings. The van der Waals surface area contributed by atoms with E-state index >= 15 is 0 Å². The molecule has 0 aromatic carbocycles. The van der Waals surface area contributed by atoms with Crippen molar-refractivity contribution in [3.8, 4) is 0 Å². The summed E-state index contributed by atoms with van der Waals surface area (Å²) in [5.74, 6) is 0. The molecule has 2 unspecified atom stereocenters. The molecule has 0 amide bonds. The summed E-state index contributed by atoms with van der Waals surface area (Å²) >= 11 is 0. The van der Waals surface area contributed by atoms with E-state index in [1.165, 1.54) is 25.7 Å². The Labute approximate surface area is 139 Å². The molecule has 1 aromatic heterocycles. The molecule has 3 aliphatic heterocycles. The van der Waals surface area contributed by atoms with Crippen LogP contribution in [0.3, 0.4) is 0 Å². The van der Waals surface area contributed by atoms with E-state index in [0.29, 0.717) is 6.04 Å². The normalized spacial score (nSPS) is 35.9. The van der Waals surface area contributed by atoms with Gasteiger partial charge >= 0.3 is 7.12 Å². The predicted octanol–water partition coefficient (Wildman–Crippen LogP) is 1.98. The lowest BCUT2D eigenvalue weighted by molar-refractivity contribution is 0.00578. The van der Waals surface area contributed by atoms with Gasteiger partial charge in [-0.05, 0) is 60.4 Å². The molecule has 0 spiro atoms. The van der Waals surface area contributed by atoms with Crippen molar-refractivity contribution in [1.29, 1.82) is 0 Å². The SMILES string of the molecule is CN1C2CCC1CC(n1cc(B3OC(C)(C)C(C)(C)O3)cn1)C2. The van der Waals surface area contributed by atoms with E-state index in [1.54, 1.807) is 0 Å². The van der Waals surface area contributed by atoms with E-state index in [2.05, 4.69) is 55.6 Å². The molecule has 0 N–H and O–H groups in total. The molecule has 3 fully saturated rings. The third-order valence-electron chi connectivity index (χ3n) is 6.59. The van der Waals surface area contributed by atoms with Gasteiger partial charge in [0, 0.05) is 29.9 Å². The first-order valence-corrected chi connectivity index (χ1v) is 8.88. The van der Waals surface area contributed by atoms with Crippen LogP contribution in [0.4, 0.5) is 0 Å². The highest BCUT2D eigenvalue weighted by atomic mass is 16.7. The van der Waals surface area contributed by atoms with Crippen molar-refractivity contribution in [3.63, 3.8) is 0 Å². The van der Waals surface area contributed by atoms with Gasteiger partial charge < -0.3 is 14.2 Å². The van der Waals surface area contributed by atoms with Gasteiger partial charge in [-0.1, -0.05) is 0 Å². The van der Waals surface area contributed by atoms with Gasteiger partial charge in [0.25, 0.3) is 0 Å².